The van der Waals surface area contributed by atoms with Crippen LogP contribution in [0.3, 0.4) is 0 Å². The van der Waals surface area contributed by atoms with Gasteiger partial charge in [-0.05, 0) is 6.08 Å². The fourth-order valence-corrected chi connectivity index (χ4v) is 0.648. The van der Waals surface area contributed by atoms with E-state index in [1.807, 2.05) is 0 Å². The number of halogens is 4. The topological polar surface area (TPSA) is 0 Å². The van der Waals surface area contributed by atoms with Crippen molar-refractivity contribution in [3.63, 3.8) is 0 Å². The lowest BCUT2D eigenvalue weighted by atomic mass is 10.1. The Hall–Kier alpha value is -0.800. The van der Waals surface area contributed by atoms with Gasteiger partial charge in [-0.2, -0.15) is 8.78 Å². The number of alkyl halides is 2. The zero-order valence-corrected chi connectivity index (χ0v) is 4.87. The van der Waals surface area contributed by atoms with Gasteiger partial charge in [-0.15, -0.1) is 0 Å². The Morgan fingerprint density at radius 1 is 1.30 bits per heavy atom. The molecule has 10 heavy (non-hydrogen) atoms. The molecule has 0 radical (unpaired) electrons. The maximum atomic E-state index is 12.1. The summed E-state index contributed by atoms with van der Waals surface area (Å²) in [6.07, 6.45) is 0.845. The van der Waals surface area contributed by atoms with Gasteiger partial charge >= 0.3 is 5.92 Å². The van der Waals surface area contributed by atoms with Crippen LogP contribution in [0.2, 0.25) is 0 Å². The molecule has 0 aromatic rings. The van der Waals surface area contributed by atoms with Crippen LogP contribution in [0.4, 0.5) is 17.6 Å². The molecule has 0 spiro atoms. The molecule has 0 aliphatic heterocycles. The molecule has 0 fully saturated rings. The molecule has 0 aromatic heterocycles. The van der Waals surface area contributed by atoms with E-state index in [1.165, 1.54) is 0 Å². The zero-order chi connectivity index (χ0) is 7.78. The average molecular weight is 152 g/mol. The lowest BCUT2D eigenvalue weighted by Crippen LogP contribution is -2.18. The van der Waals surface area contributed by atoms with Crippen LogP contribution >= 0.6 is 0 Å². The molecule has 1 rings (SSSR count). The highest BCUT2D eigenvalue weighted by atomic mass is 19.3. The van der Waals surface area contributed by atoms with Crippen molar-refractivity contribution in [2.24, 2.45) is 0 Å². The molecule has 1 aliphatic carbocycles. The third-order valence-corrected chi connectivity index (χ3v) is 1.17. The first-order valence-corrected chi connectivity index (χ1v) is 2.64. The van der Waals surface area contributed by atoms with Crippen LogP contribution in [-0.2, 0) is 0 Å². The summed E-state index contributed by atoms with van der Waals surface area (Å²) in [6, 6.07) is 0. The van der Waals surface area contributed by atoms with Gasteiger partial charge in [-0.25, -0.2) is 8.78 Å². The second-order valence-corrected chi connectivity index (χ2v) is 1.97. The Bertz CT molecular complexity index is 202. The largest absolute Gasteiger partial charge is 0.305 e. The van der Waals surface area contributed by atoms with E-state index in [1.54, 1.807) is 0 Å². The minimum atomic E-state index is -3.64. The summed E-state index contributed by atoms with van der Waals surface area (Å²) in [6.45, 7) is 0. The van der Waals surface area contributed by atoms with E-state index in [4.69, 9.17) is 0 Å². The first kappa shape index (κ1) is 7.31. The normalized spacial score (nSPS) is 23.6. The molecule has 0 saturated heterocycles. The second kappa shape index (κ2) is 2.11. The van der Waals surface area contributed by atoms with Gasteiger partial charge in [0.25, 0.3) is 0 Å². The van der Waals surface area contributed by atoms with Crippen LogP contribution in [0.5, 0.6) is 0 Å². The van der Waals surface area contributed by atoms with Gasteiger partial charge in [-0.3, -0.25) is 0 Å². The molecular formula is C6H4F4. The quantitative estimate of drug-likeness (QED) is 0.468. The van der Waals surface area contributed by atoms with E-state index in [9.17, 15) is 17.6 Å². The minimum absolute atomic E-state index is 0.701. The maximum absolute atomic E-state index is 12.1. The summed E-state index contributed by atoms with van der Waals surface area (Å²) in [5, 5.41) is 0. The lowest BCUT2D eigenvalue weighted by molar-refractivity contribution is 0.0160. The van der Waals surface area contributed by atoms with E-state index in [0.717, 1.165) is 6.08 Å². The highest BCUT2D eigenvalue weighted by molar-refractivity contribution is 5.25. The Morgan fingerprint density at radius 3 is 2.30 bits per heavy atom. The van der Waals surface area contributed by atoms with Crippen molar-refractivity contribution in [2.45, 2.75) is 12.3 Å². The Balaban J connectivity index is 2.99. The molecule has 4 heteroatoms. The Labute approximate surface area is 54.8 Å². The van der Waals surface area contributed by atoms with E-state index in [2.05, 4.69) is 0 Å². The number of hydrogen-bond acceptors (Lipinski definition) is 0. The molecule has 0 bridgehead atoms. The average Bonchev–Trinajstić information content (AvgIpc) is 1.83. The van der Waals surface area contributed by atoms with Crippen LogP contribution in [0.25, 0.3) is 0 Å². The molecule has 0 heterocycles. The van der Waals surface area contributed by atoms with Crippen LogP contribution in [0, 0.1) is 0 Å². The van der Waals surface area contributed by atoms with Crippen LogP contribution < -0.4 is 0 Å². The molecule has 56 valence electrons. The van der Waals surface area contributed by atoms with Crippen molar-refractivity contribution in [2.75, 3.05) is 0 Å². The Kier molecular flexibility index (Phi) is 1.54. The molecule has 0 nitrogen and oxygen atoms in total. The van der Waals surface area contributed by atoms with E-state index in [0.29, 0.717) is 6.08 Å². The lowest BCUT2D eigenvalue weighted by Gasteiger charge is -2.14. The number of hydrogen-bond donors (Lipinski definition) is 0. The van der Waals surface area contributed by atoms with Gasteiger partial charge in [0, 0.05) is 6.42 Å². The van der Waals surface area contributed by atoms with E-state index >= 15 is 0 Å². The molecule has 0 N–H and O–H groups in total. The van der Waals surface area contributed by atoms with Gasteiger partial charge in [0.1, 0.15) is 0 Å². The van der Waals surface area contributed by atoms with Crippen LogP contribution in [0.1, 0.15) is 6.42 Å². The monoisotopic (exact) mass is 152 g/mol. The maximum Gasteiger partial charge on any atom is 0.305 e. The Morgan fingerprint density at radius 2 is 1.90 bits per heavy atom. The molecule has 0 saturated carbocycles. The molecule has 0 atom stereocenters. The van der Waals surface area contributed by atoms with E-state index < -0.39 is 24.0 Å². The highest BCUT2D eigenvalue weighted by Gasteiger charge is 2.38. The van der Waals surface area contributed by atoms with Crippen molar-refractivity contribution in [3.8, 4) is 0 Å². The number of rotatable bonds is 0. The van der Waals surface area contributed by atoms with Gasteiger partial charge in [0.15, 0.2) is 5.83 Å². The summed E-state index contributed by atoms with van der Waals surface area (Å²) >= 11 is 0. The fraction of sp³-hybridized carbons (Fsp3) is 0.333. The first-order valence-electron chi connectivity index (χ1n) is 2.64. The summed E-state index contributed by atoms with van der Waals surface area (Å²) in [5.74, 6) is -7.08. The van der Waals surface area contributed by atoms with Crippen molar-refractivity contribution in [3.05, 3.63) is 23.8 Å². The summed E-state index contributed by atoms with van der Waals surface area (Å²) in [5.41, 5.74) is 0. The van der Waals surface area contributed by atoms with Crippen LogP contribution in [-0.4, -0.2) is 5.92 Å². The molecule has 1 aliphatic rings. The molecule has 0 amide bonds. The second-order valence-electron chi connectivity index (χ2n) is 1.97. The standard InChI is InChI=1S/C6H4F4/c7-4-2-1-3-6(9,10)5(4)8/h1-2H,3H2. The van der Waals surface area contributed by atoms with Gasteiger partial charge in [0.2, 0.25) is 5.83 Å². The fourth-order valence-electron chi connectivity index (χ4n) is 0.648. The summed E-state index contributed by atoms with van der Waals surface area (Å²) in [4.78, 5) is 0. The van der Waals surface area contributed by atoms with Crippen molar-refractivity contribution in [1.29, 1.82) is 0 Å². The smallest absolute Gasteiger partial charge is 0.204 e. The van der Waals surface area contributed by atoms with E-state index in [-0.39, 0.29) is 0 Å². The van der Waals surface area contributed by atoms with Gasteiger partial charge < -0.3 is 0 Å². The van der Waals surface area contributed by atoms with Crippen molar-refractivity contribution >= 4 is 0 Å². The van der Waals surface area contributed by atoms with Gasteiger partial charge in [0.05, 0.1) is 0 Å². The predicted octanol–water partition coefficient (Wildman–Crippen LogP) is 2.73. The molecule has 0 aromatic carbocycles. The first-order chi connectivity index (χ1) is 4.54. The van der Waals surface area contributed by atoms with Crippen molar-refractivity contribution < 1.29 is 17.6 Å². The number of allylic oxidation sites excluding steroid dienone is 4. The SMILES string of the molecule is FC1=C(F)C(F)(F)CC=C1. The zero-order valence-electron chi connectivity index (χ0n) is 4.87. The van der Waals surface area contributed by atoms with Crippen molar-refractivity contribution in [1.82, 2.24) is 0 Å². The minimum Gasteiger partial charge on any atom is -0.204 e. The third kappa shape index (κ3) is 1.05. The van der Waals surface area contributed by atoms with Gasteiger partial charge in [-0.1, -0.05) is 6.08 Å². The predicted molar refractivity (Wildman–Crippen MR) is 27.9 cm³/mol. The molecular weight excluding hydrogens is 148 g/mol. The van der Waals surface area contributed by atoms with Crippen LogP contribution in [0.15, 0.2) is 23.8 Å². The summed E-state index contributed by atoms with van der Waals surface area (Å²) < 4.78 is 48.3. The highest BCUT2D eigenvalue weighted by Crippen LogP contribution is 2.35. The summed E-state index contributed by atoms with van der Waals surface area (Å²) in [7, 11) is 0. The molecule has 0 unspecified atom stereocenters. The third-order valence-electron chi connectivity index (χ3n) is 1.17.